The molecule has 1 fully saturated rings. The highest BCUT2D eigenvalue weighted by Crippen LogP contribution is 2.35. The summed E-state index contributed by atoms with van der Waals surface area (Å²) in [6.07, 6.45) is 4.82. The zero-order valence-corrected chi connectivity index (χ0v) is 18.4. The molecule has 1 atom stereocenters. The molecular formula is C24H29ClN4O. The van der Waals surface area contributed by atoms with E-state index in [2.05, 4.69) is 70.5 Å². The number of rotatable bonds is 7. The first-order chi connectivity index (χ1) is 14.6. The van der Waals surface area contributed by atoms with E-state index in [1.165, 1.54) is 16.7 Å². The summed E-state index contributed by atoms with van der Waals surface area (Å²) >= 11 is 6.59. The van der Waals surface area contributed by atoms with Crippen LogP contribution in [0.1, 0.15) is 23.5 Å². The summed E-state index contributed by atoms with van der Waals surface area (Å²) in [5, 5.41) is 7.75. The molecule has 1 aromatic heterocycles. The molecular weight excluding hydrogens is 396 g/mol. The average molecular weight is 425 g/mol. The third kappa shape index (κ3) is 4.86. The average Bonchev–Trinajstić information content (AvgIpc) is 3.31. The molecule has 30 heavy (non-hydrogen) atoms. The quantitative estimate of drug-likeness (QED) is 0.599. The van der Waals surface area contributed by atoms with Gasteiger partial charge in [0.2, 0.25) is 0 Å². The molecule has 3 aromatic rings. The SMILES string of the molecule is CN(C)CCC(c1ccc(-c2cn[nH]c2)cc1)c1ccc(Cl)c(N2CCOCC2)c1. The van der Waals surface area contributed by atoms with Gasteiger partial charge in [0.25, 0.3) is 0 Å². The van der Waals surface area contributed by atoms with Gasteiger partial charge in [-0.15, -0.1) is 0 Å². The topological polar surface area (TPSA) is 44.4 Å². The maximum Gasteiger partial charge on any atom is 0.0642 e. The highest BCUT2D eigenvalue weighted by molar-refractivity contribution is 6.33. The van der Waals surface area contributed by atoms with E-state index < -0.39 is 0 Å². The monoisotopic (exact) mass is 424 g/mol. The first kappa shape index (κ1) is 20.9. The van der Waals surface area contributed by atoms with Crippen molar-refractivity contribution in [3.63, 3.8) is 0 Å². The Kier molecular flexibility index (Phi) is 6.72. The van der Waals surface area contributed by atoms with Gasteiger partial charge in [-0.05, 0) is 55.9 Å². The minimum absolute atomic E-state index is 0.308. The smallest absolute Gasteiger partial charge is 0.0642 e. The largest absolute Gasteiger partial charge is 0.378 e. The van der Waals surface area contributed by atoms with E-state index in [-0.39, 0.29) is 0 Å². The predicted molar refractivity (Wildman–Crippen MR) is 124 cm³/mol. The first-order valence-electron chi connectivity index (χ1n) is 10.5. The molecule has 0 spiro atoms. The Balaban J connectivity index is 1.65. The Morgan fingerprint density at radius 2 is 1.80 bits per heavy atom. The normalized spacial score (nSPS) is 15.5. The molecule has 1 aliphatic rings. The Hall–Kier alpha value is -2.34. The predicted octanol–water partition coefficient (Wildman–Crippen LogP) is 4.65. The summed E-state index contributed by atoms with van der Waals surface area (Å²) in [5.74, 6) is 0.308. The molecule has 4 rings (SSSR count). The van der Waals surface area contributed by atoms with Gasteiger partial charge in [-0.1, -0.05) is 41.9 Å². The van der Waals surface area contributed by atoms with E-state index in [0.29, 0.717) is 5.92 Å². The second kappa shape index (κ2) is 9.65. The molecule has 2 aromatic carbocycles. The van der Waals surface area contributed by atoms with Gasteiger partial charge in [0, 0.05) is 30.8 Å². The molecule has 6 heteroatoms. The van der Waals surface area contributed by atoms with Gasteiger partial charge >= 0.3 is 0 Å². The third-order valence-electron chi connectivity index (χ3n) is 5.73. The second-order valence-corrected chi connectivity index (χ2v) is 8.47. The molecule has 1 unspecified atom stereocenters. The van der Waals surface area contributed by atoms with Gasteiger partial charge in [-0.3, -0.25) is 5.10 Å². The van der Waals surface area contributed by atoms with Crippen molar-refractivity contribution in [1.82, 2.24) is 15.1 Å². The van der Waals surface area contributed by atoms with Crippen molar-refractivity contribution in [3.05, 3.63) is 71.0 Å². The maximum atomic E-state index is 6.59. The number of H-pyrrole nitrogens is 1. The van der Waals surface area contributed by atoms with Gasteiger partial charge in [0.05, 0.1) is 30.1 Å². The van der Waals surface area contributed by atoms with Crippen LogP contribution in [0.4, 0.5) is 5.69 Å². The number of ether oxygens (including phenoxy) is 1. The van der Waals surface area contributed by atoms with Crippen molar-refractivity contribution in [2.45, 2.75) is 12.3 Å². The highest BCUT2D eigenvalue weighted by Gasteiger charge is 2.20. The molecule has 5 nitrogen and oxygen atoms in total. The van der Waals surface area contributed by atoms with Crippen LogP contribution in [0, 0.1) is 0 Å². The van der Waals surface area contributed by atoms with E-state index in [1.807, 2.05) is 18.5 Å². The molecule has 0 amide bonds. The van der Waals surface area contributed by atoms with Crippen molar-refractivity contribution >= 4 is 17.3 Å². The fourth-order valence-corrected chi connectivity index (χ4v) is 4.26. The number of benzene rings is 2. The Labute approximate surface area is 183 Å². The summed E-state index contributed by atoms with van der Waals surface area (Å²) < 4.78 is 5.52. The molecule has 158 valence electrons. The standard InChI is InChI=1S/C24H29ClN4O/c1-28(2)10-9-22(19-5-3-18(4-6-19)21-16-26-27-17-21)20-7-8-23(25)24(15-20)29-11-13-30-14-12-29/h3-8,15-17,22H,9-14H2,1-2H3,(H,26,27). The number of hydrogen-bond donors (Lipinski definition) is 1. The Bertz CT molecular complexity index is 934. The van der Waals surface area contributed by atoms with Crippen LogP contribution in [0.5, 0.6) is 0 Å². The minimum atomic E-state index is 0.308. The van der Waals surface area contributed by atoms with Crippen molar-refractivity contribution in [2.75, 3.05) is 51.8 Å². The van der Waals surface area contributed by atoms with Crippen LogP contribution >= 0.6 is 11.6 Å². The molecule has 2 heterocycles. The zero-order valence-electron chi connectivity index (χ0n) is 17.6. The molecule has 1 N–H and O–H groups in total. The number of aromatic nitrogens is 2. The number of hydrogen-bond acceptors (Lipinski definition) is 4. The lowest BCUT2D eigenvalue weighted by Gasteiger charge is -2.31. The molecule has 0 radical (unpaired) electrons. The van der Waals surface area contributed by atoms with Gasteiger partial charge in [0.15, 0.2) is 0 Å². The van der Waals surface area contributed by atoms with E-state index in [4.69, 9.17) is 16.3 Å². The van der Waals surface area contributed by atoms with Crippen molar-refractivity contribution in [3.8, 4) is 11.1 Å². The lowest BCUT2D eigenvalue weighted by Crippen LogP contribution is -2.36. The van der Waals surface area contributed by atoms with Crippen LogP contribution in [-0.4, -0.2) is 62.0 Å². The zero-order chi connectivity index (χ0) is 20.9. The number of halogens is 1. The molecule has 0 saturated carbocycles. The first-order valence-corrected chi connectivity index (χ1v) is 10.9. The number of aromatic amines is 1. The summed E-state index contributed by atoms with van der Waals surface area (Å²) in [4.78, 5) is 4.58. The van der Waals surface area contributed by atoms with E-state index in [0.717, 1.165) is 55.5 Å². The van der Waals surface area contributed by atoms with Crippen LogP contribution in [0.3, 0.4) is 0 Å². The highest BCUT2D eigenvalue weighted by atomic mass is 35.5. The molecule has 0 bridgehead atoms. The van der Waals surface area contributed by atoms with E-state index in [9.17, 15) is 0 Å². The number of morpholine rings is 1. The fraction of sp³-hybridized carbons (Fsp3) is 0.375. The lowest BCUT2D eigenvalue weighted by atomic mass is 9.87. The fourth-order valence-electron chi connectivity index (χ4n) is 4.02. The minimum Gasteiger partial charge on any atom is -0.378 e. The number of nitrogens with zero attached hydrogens (tertiary/aromatic N) is 3. The van der Waals surface area contributed by atoms with Crippen molar-refractivity contribution in [1.29, 1.82) is 0 Å². The van der Waals surface area contributed by atoms with Crippen LogP contribution in [0.2, 0.25) is 5.02 Å². The van der Waals surface area contributed by atoms with Gasteiger partial charge in [-0.25, -0.2) is 0 Å². The second-order valence-electron chi connectivity index (χ2n) is 8.06. The summed E-state index contributed by atoms with van der Waals surface area (Å²) in [6, 6.07) is 15.3. The van der Waals surface area contributed by atoms with Crippen LogP contribution in [0.15, 0.2) is 54.9 Å². The molecule has 1 saturated heterocycles. The molecule has 1 aliphatic heterocycles. The molecule has 0 aliphatic carbocycles. The van der Waals surface area contributed by atoms with E-state index >= 15 is 0 Å². The Morgan fingerprint density at radius 1 is 1.07 bits per heavy atom. The van der Waals surface area contributed by atoms with Crippen LogP contribution in [-0.2, 0) is 4.74 Å². The number of anilines is 1. The third-order valence-corrected chi connectivity index (χ3v) is 6.05. The Morgan fingerprint density at radius 3 is 2.47 bits per heavy atom. The number of nitrogens with one attached hydrogen (secondary N) is 1. The summed E-state index contributed by atoms with van der Waals surface area (Å²) in [7, 11) is 4.25. The van der Waals surface area contributed by atoms with Gasteiger partial charge in [0.1, 0.15) is 0 Å². The summed E-state index contributed by atoms with van der Waals surface area (Å²) in [6.45, 7) is 4.28. The maximum absolute atomic E-state index is 6.59. The van der Waals surface area contributed by atoms with Crippen molar-refractivity contribution in [2.24, 2.45) is 0 Å². The van der Waals surface area contributed by atoms with Crippen LogP contribution in [0.25, 0.3) is 11.1 Å². The van der Waals surface area contributed by atoms with E-state index in [1.54, 1.807) is 0 Å². The van der Waals surface area contributed by atoms with Crippen LogP contribution < -0.4 is 4.90 Å². The lowest BCUT2D eigenvalue weighted by molar-refractivity contribution is 0.122. The van der Waals surface area contributed by atoms with Crippen molar-refractivity contribution < 1.29 is 4.74 Å². The van der Waals surface area contributed by atoms with Gasteiger partial charge < -0.3 is 14.5 Å². The van der Waals surface area contributed by atoms with Gasteiger partial charge in [-0.2, -0.15) is 5.10 Å². The summed E-state index contributed by atoms with van der Waals surface area (Å²) in [5.41, 5.74) is 6.01.